The Kier molecular flexibility index (Phi) is 5.73. The molecule has 5 heteroatoms. The molecule has 2 unspecified atom stereocenters. The predicted molar refractivity (Wildman–Crippen MR) is 83.0 cm³/mol. The van der Waals surface area contributed by atoms with Crippen molar-refractivity contribution in [3.05, 3.63) is 0 Å². The molecule has 19 heavy (non-hydrogen) atoms. The van der Waals surface area contributed by atoms with E-state index in [0.29, 0.717) is 5.92 Å². The summed E-state index contributed by atoms with van der Waals surface area (Å²) in [6.45, 7) is 1.47. The van der Waals surface area contributed by atoms with Crippen LogP contribution in [-0.4, -0.2) is 37.4 Å². The normalized spacial score (nSPS) is 28.6. The molecular formula is C14H26BrNO2S. The van der Waals surface area contributed by atoms with Gasteiger partial charge in [0.25, 0.3) is 0 Å². The number of piperidine rings is 1. The molecule has 0 aromatic rings. The third kappa shape index (κ3) is 4.43. The zero-order chi connectivity index (χ0) is 13.9. The second kappa shape index (κ2) is 6.90. The highest BCUT2D eigenvalue weighted by molar-refractivity contribution is 9.09. The maximum Gasteiger partial charge on any atom is 0.211 e. The van der Waals surface area contributed by atoms with Gasteiger partial charge in [0.1, 0.15) is 0 Å². The summed E-state index contributed by atoms with van der Waals surface area (Å²) < 4.78 is 25.0. The van der Waals surface area contributed by atoms with Crippen LogP contribution in [0.3, 0.4) is 0 Å². The molecule has 3 nitrogen and oxygen atoms in total. The average molecular weight is 352 g/mol. The van der Waals surface area contributed by atoms with Gasteiger partial charge in [0.05, 0.1) is 6.26 Å². The topological polar surface area (TPSA) is 37.4 Å². The maximum atomic E-state index is 11.7. The number of sulfonamides is 1. The Hall–Kier alpha value is 0.390. The SMILES string of the molecule is CS(=O)(=O)N1CCCC(CC(CBr)C2CCCC2)C1. The van der Waals surface area contributed by atoms with Crippen LogP contribution in [0.2, 0.25) is 0 Å². The molecule has 0 bridgehead atoms. The quantitative estimate of drug-likeness (QED) is 0.713. The van der Waals surface area contributed by atoms with Crippen molar-refractivity contribution in [1.29, 1.82) is 0 Å². The van der Waals surface area contributed by atoms with Crippen LogP contribution < -0.4 is 0 Å². The minimum atomic E-state index is -3.00. The van der Waals surface area contributed by atoms with Crippen LogP contribution in [0.1, 0.15) is 44.9 Å². The lowest BCUT2D eigenvalue weighted by atomic mass is 9.82. The van der Waals surface area contributed by atoms with Gasteiger partial charge >= 0.3 is 0 Å². The summed E-state index contributed by atoms with van der Waals surface area (Å²) in [6, 6.07) is 0. The summed E-state index contributed by atoms with van der Waals surface area (Å²) >= 11 is 3.68. The van der Waals surface area contributed by atoms with Gasteiger partial charge in [-0.3, -0.25) is 0 Å². The number of nitrogens with zero attached hydrogens (tertiary/aromatic N) is 1. The molecule has 1 heterocycles. The lowest BCUT2D eigenvalue weighted by Crippen LogP contribution is -2.40. The zero-order valence-electron chi connectivity index (χ0n) is 11.9. The Balaban J connectivity index is 1.90. The molecule has 2 fully saturated rings. The molecule has 0 aromatic heterocycles. The minimum absolute atomic E-state index is 0.562. The Morgan fingerprint density at radius 3 is 2.47 bits per heavy atom. The van der Waals surface area contributed by atoms with Crippen LogP contribution in [0.5, 0.6) is 0 Å². The van der Waals surface area contributed by atoms with E-state index in [1.807, 2.05) is 0 Å². The van der Waals surface area contributed by atoms with Gasteiger partial charge < -0.3 is 0 Å². The first-order valence-electron chi connectivity index (χ1n) is 7.51. The molecule has 2 rings (SSSR count). The van der Waals surface area contributed by atoms with Crippen molar-refractivity contribution in [2.75, 3.05) is 24.7 Å². The zero-order valence-corrected chi connectivity index (χ0v) is 14.3. The van der Waals surface area contributed by atoms with E-state index in [1.54, 1.807) is 4.31 Å². The van der Waals surface area contributed by atoms with E-state index in [4.69, 9.17) is 0 Å². The van der Waals surface area contributed by atoms with E-state index in [-0.39, 0.29) is 0 Å². The van der Waals surface area contributed by atoms with Gasteiger partial charge in [0, 0.05) is 18.4 Å². The lowest BCUT2D eigenvalue weighted by molar-refractivity contribution is 0.211. The molecule has 0 N–H and O–H groups in total. The molecule has 0 aromatic carbocycles. The molecule has 1 saturated heterocycles. The first-order chi connectivity index (χ1) is 9.00. The van der Waals surface area contributed by atoms with Gasteiger partial charge in [-0.25, -0.2) is 12.7 Å². The standard InChI is InChI=1S/C14H26BrNO2S/c1-19(17,18)16-8-4-5-12(11-16)9-14(10-15)13-6-2-3-7-13/h12-14H,2-11H2,1H3. The fourth-order valence-electron chi connectivity index (χ4n) is 3.76. The van der Waals surface area contributed by atoms with Crippen LogP contribution in [0.15, 0.2) is 0 Å². The molecule has 1 aliphatic heterocycles. The van der Waals surface area contributed by atoms with Crippen molar-refractivity contribution in [3.63, 3.8) is 0 Å². The fraction of sp³-hybridized carbons (Fsp3) is 1.00. The van der Waals surface area contributed by atoms with Crippen LogP contribution >= 0.6 is 15.9 Å². The van der Waals surface area contributed by atoms with Crippen molar-refractivity contribution in [2.45, 2.75) is 44.9 Å². The van der Waals surface area contributed by atoms with Gasteiger partial charge in [-0.1, -0.05) is 41.6 Å². The number of halogens is 1. The maximum absolute atomic E-state index is 11.7. The van der Waals surface area contributed by atoms with Gasteiger partial charge in [0.2, 0.25) is 10.0 Å². The van der Waals surface area contributed by atoms with Crippen LogP contribution in [0, 0.1) is 17.8 Å². The number of rotatable bonds is 5. The van der Waals surface area contributed by atoms with Gasteiger partial charge in [0.15, 0.2) is 0 Å². The second-order valence-electron chi connectivity index (χ2n) is 6.32. The molecule has 0 amide bonds. The van der Waals surface area contributed by atoms with Crippen molar-refractivity contribution in [3.8, 4) is 0 Å². The summed E-state index contributed by atoms with van der Waals surface area (Å²) in [6.07, 6.45) is 10.3. The first-order valence-corrected chi connectivity index (χ1v) is 10.5. The number of alkyl halides is 1. The summed E-state index contributed by atoms with van der Waals surface area (Å²) in [5.74, 6) is 2.17. The van der Waals surface area contributed by atoms with Gasteiger partial charge in [-0.2, -0.15) is 0 Å². The largest absolute Gasteiger partial charge is 0.213 e. The highest BCUT2D eigenvalue weighted by atomic mass is 79.9. The Morgan fingerprint density at radius 1 is 1.21 bits per heavy atom. The Morgan fingerprint density at radius 2 is 1.89 bits per heavy atom. The van der Waals surface area contributed by atoms with E-state index in [0.717, 1.165) is 36.7 Å². The summed E-state index contributed by atoms with van der Waals surface area (Å²) in [5, 5.41) is 1.08. The highest BCUT2D eigenvalue weighted by Gasteiger charge is 2.31. The van der Waals surface area contributed by atoms with E-state index in [9.17, 15) is 8.42 Å². The predicted octanol–water partition coefficient (Wildman–Crippen LogP) is 3.25. The smallest absolute Gasteiger partial charge is 0.211 e. The summed E-state index contributed by atoms with van der Waals surface area (Å²) in [4.78, 5) is 0. The number of hydrogen-bond donors (Lipinski definition) is 0. The van der Waals surface area contributed by atoms with Crippen molar-refractivity contribution in [1.82, 2.24) is 4.31 Å². The molecule has 112 valence electrons. The number of hydrogen-bond acceptors (Lipinski definition) is 2. The third-order valence-corrected chi connectivity index (χ3v) is 6.95. The van der Waals surface area contributed by atoms with Crippen LogP contribution in [0.4, 0.5) is 0 Å². The second-order valence-corrected chi connectivity index (χ2v) is 8.95. The first kappa shape index (κ1) is 15.8. The third-order valence-electron chi connectivity index (χ3n) is 4.85. The Labute approximate surface area is 126 Å². The van der Waals surface area contributed by atoms with Crippen molar-refractivity contribution in [2.24, 2.45) is 17.8 Å². The average Bonchev–Trinajstić information content (AvgIpc) is 2.89. The van der Waals surface area contributed by atoms with Crippen LogP contribution in [-0.2, 0) is 10.0 Å². The van der Waals surface area contributed by atoms with E-state index < -0.39 is 10.0 Å². The van der Waals surface area contributed by atoms with E-state index >= 15 is 0 Å². The molecule has 2 atom stereocenters. The minimum Gasteiger partial charge on any atom is -0.213 e. The monoisotopic (exact) mass is 351 g/mol. The lowest BCUT2D eigenvalue weighted by Gasteiger charge is -2.34. The van der Waals surface area contributed by atoms with Gasteiger partial charge in [-0.15, -0.1) is 0 Å². The molecule has 1 saturated carbocycles. The molecule has 0 spiro atoms. The molecule has 2 aliphatic rings. The van der Waals surface area contributed by atoms with Gasteiger partial charge in [-0.05, 0) is 37.0 Å². The van der Waals surface area contributed by atoms with Crippen molar-refractivity contribution < 1.29 is 8.42 Å². The van der Waals surface area contributed by atoms with E-state index in [1.165, 1.54) is 44.8 Å². The molecular weight excluding hydrogens is 326 g/mol. The highest BCUT2D eigenvalue weighted by Crippen LogP contribution is 2.37. The molecule has 0 radical (unpaired) electrons. The van der Waals surface area contributed by atoms with Crippen LogP contribution in [0.25, 0.3) is 0 Å². The fourth-order valence-corrected chi connectivity index (χ4v) is 5.49. The summed E-state index contributed by atoms with van der Waals surface area (Å²) in [5.41, 5.74) is 0. The van der Waals surface area contributed by atoms with E-state index in [2.05, 4.69) is 15.9 Å². The van der Waals surface area contributed by atoms with Crippen molar-refractivity contribution >= 4 is 26.0 Å². The Bertz CT molecular complexity index is 379. The molecule has 1 aliphatic carbocycles. The summed E-state index contributed by atoms with van der Waals surface area (Å²) in [7, 11) is -3.00.